The van der Waals surface area contributed by atoms with Gasteiger partial charge in [0.05, 0.1) is 23.1 Å². The van der Waals surface area contributed by atoms with Gasteiger partial charge in [0.1, 0.15) is 11.6 Å². The average Bonchev–Trinajstić information content (AvgIpc) is 3.11. The Morgan fingerprint density at radius 1 is 0.968 bits per heavy atom. The summed E-state index contributed by atoms with van der Waals surface area (Å²) >= 11 is 1.70. The number of nitrogens with zero attached hydrogens (tertiary/aromatic N) is 2. The molecule has 0 amide bonds. The normalized spacial score (nSPS) is 11.9. The number of imidazole rings is 1. The molecule has 160 valence electrons. The van der Waals surface area contributed by atoms with Gasteiger partial charge in [0.15, 0.2) is 0 Å². The molecular formula is C24H20F4N2S. The Bertz CT molecular complexity index is 1210. The zero-order chi connectivity index (χ0) is 22.0. The molecule has 0 saturated carbocycles. The lowest BCUT2D eigenvalue weighted by molar-refractivity contribution is -0.137. The quantitative estimate of drug-likeness (QED) is 0.228. The summed E-state index contributed by atoms with van der Waals surface area (Å²) in [5.41, 5.74) is 1.46. The van der Waals surface area contributed by atoms with Crippen molar-refractivity contribution in [2.24, 2.45) is 0 Å². The monoisotopic (exact) mass is 444 g/mol. The topological polar surface area (TPSA) is 17.8 Å². The first-order valence-corrected chi connectivity index (χ1v) is 10.9. The smallest absolute Gasteiger partial charge is 0.319 e. The van der Waals surface area contributed by atoms with Crippen LogP contribution in [-0.4, -0.2) is 15.3 Å². The van der Waals surface area contributed by atoms with Crippen molar-refractivity contribution >= 4 is 22.8 Å². The fraction of sp³-hybridized carbons (Fsp3) is 0.208. The summed E-state index contributed by atoms with van der Waals surface area (Å²) in [6.07, 6.45) is -3.44. The van der Waals surface area contributed by atoms with Crippen molar-refractivity contribution < 1.29 is 17.6 Å². The van der Waals surface area contributed by atoms with E-state index in [1.165, 1.54) is 12.1 Å². The third-order valence-corrected chi connectivity index (χ3v) is 6.13. The number of benzene rings is 3. The van der Waals surface area contributed by atoms with Gasteiger partial charge in [0.25, 0.3) is 0 Å². The van der Waals surface area contributed by atoms with E-state index in [0.29, 0.717) is 22.5 Å². The van der Waals surface area contributed by atoms with Crippen LogP contribution >= 0.6 is 11.8 Å². The number of aromatic nitrogens is 2. The van der Waals surface area contributed by atoms with Crippen LogP contribution in [0.15, 0.2) is 71.6 Å². The molecule has 0 bridgehead atoms. The van der Waals surface area contributed by atoms with Crippen molar-refractivity contribution in [1.82, 2.24) is 9.55 Å². The van der Waals surface area contributed by atoms with Gasteiger partial charge in [-0.1, -0.05) is 37.3 Å². The third-order valence-electron chi connectivity index (χ3n) is 4.93. The molecule has 0 saturated heterocycles. The van der Waals surface area contributed by atoms with E-state index in [4.69, 9.17) is 0 Å². The minimum Gasteiger partial charge on any atom is -0.319 e. The van der Waals surface area contributed by atoms with E-state index >= 15 is 0 Å². The van der Waals surface area contributed by atoms with Gasteiger partial charge in [0.2, 0.25) is 0 Å². The molecule has 31 heavy (non-hydrogen) atoms. The van der Waals surface area contributed by atoms with E-state index in [0.717, 1.165) is 34.7 Å². The minimum atomic E-state index is -4.46. The standard InChI is InChI=1S/C24H20F4N2S/c1-2-12-31-19-10-11-21-22(14-19)30(15-17-6-3-4-9-20(17)25)23(29-21)16-7-5-8-18(13-16)24(26,27)28/h3-11,13-14H,2,12,15H2,1H3. The fourth-order valence-electron chi connectivity index (χ4n) is 3.42. The molecule has 0 atom stereocenters. The summed E-state index contributed by atoms with van der Waals surface area (Å²) in [4.78, 5) is 5.66. The molecule has 4 aromatic rings. The van der Waals surface area contributed by atoms with Crippen LogP contribution in [0, 0.1) is 5.82 Å². The van der Waals surface area contributed by atoms with Gasteiger partial charge >= 0.3 is 6.18 Å². The lowest BCUT2D eigenvalue weighted by Gasteiger charge is -2.12. The molecule has 0 unspecified atom stereocenters. The zero-order valence-electron chi connectivity index (χ0n) is 16.8. The number of hydrogen-bond donors (Lipinski definition) is 0. The fourth-order valence-corrected chi connectivity index (χ4v) is 4.22. The molecule has 1 aromatic heterocycles. The number of halogens is 4. The highest BCUT2D eigenvalue weighted by molar-refractivity contribution is 7.99. The molecule has 0 fully saturated rings. The first-order chi connectivity index (χ1) is 14.9. The van der Waals surface area contributed by atoms with Crippen LogP contribution in [0.1, 0.15) is 24.5 Å². The SMILES string of the molecule is CCCSc1ccc2nc(-c3cccc(C(F)(F)F)c3)n(Cc3ccccc3F)c2c1. The van der Waals surface area contributed by atoms with Crippen LogP contribution in [-0.2, 0) is 12.7 Å². The first-order valence-electron chi connectivity index (χ1n) is 9.91. The summed E-state index contributed by atoms with van der Waals surface area (Å²) in [5.74, 6) is 0.964. The first kappa shape index (κ1) is 21.4. The largest absolute Gasteiger partial charge is 0.416 e. The molecule has 0 aliphatic heterocycles. The molecular weight excluding hydrogens is 424 g/mol. The van der Waals surface area contributed by atoms with Crippen molar-refractivity contribution in [3.05, 3.63) is 83.7 Å². The second kappa shape index (κ2) is 8.75. The van der Waals surface area contributed by atoms with Gasteiger partial charge < -0.3 is 4.57 Å². The number of hydrogen-bond acceptors (Lipinski definition) is 2. The highest BCUT2D eigenvalue weighted by atomic mass is 32.2. The van der Waals surface area contributed by atoms with Gasteiger partial charge in [-0.2, -0.15) is 13.2 Å². The van der Waals surface area contributed by atoms with Crippen LogP contribution in [0.3, 0.4) is 0 Å². The van der Waals surface area contributed by atoms with Gasteiger partial charge in [-0.25, -0.2) is 9.37 Å². The third kappa shape index (κ3) is 4.61. The van der Waals surface area contributed by atoms with E-state index in [1.807, 2.05) is 18.2 Å². The number of fused-ring (bicyclic) bond motifs is 1. The van der Waals surface area contributed by atoms with E-state index in [-0.39, 0.29) is 12.4 Å². The second-order valence-electron chi connectivity index (χ2n) is 7.19. The van der Waals surface area contributed by atoms with Crippen molar-refractivity contribution in [2.75, 3.05) is 5.75 Å². The Morgan fingerprint density at radius 2 is 1.77 bits per heavy atom. The number of alkyl halides is 3. The van der Waals surface area contributed by atoms with Gasteiger partial charge in [-0.3, -0.25) is 0 Å². The van der Waals surface area contributed by atoms with Crippen molar-refractivity contribution in [3.8, 4) is 11.4 Å². The van der Waals surface area contributed by atoms with Crippen molar-refractivity contribution in [1.29, 1.82) is 0 Å². The van der Waals surface area contributed by atoms with Crippen LogP contribution in [0.25, 0.3) is 22.4 Å². The maximum Gasteiger partial charge on any atom is 0.416 e. The van der Waals surface area contributed by atoms with Crippen LogP contribution in [0.2, 0.25) is 0 Å². The Kier molecular flexibility index (Phi) is 6.05. The molecule has 0 spiro atoms. The maximum absolute atomic E-state index is 14.4. The summed E-state index contributed by atoms with van der Waals surface area (Å²) in [6, 6.07) is 17.3. The molecule has 7 heteroatoms. The second-order valence-corrected chi connectivity index (χ2v) is 8.36. The lowest BCUT2D eigenvalue weighted by Crippen LogP contribution is -2.07. The van der Waals surface area contributed by atoms with Crippen LogP contribution < -0.4 is 0 Å². The van der Waals surface area contributed by atoms with Crippen LogP contribution in [0.4, 0.5) is 17.6 Å². The number of thioether (sulfide) groups is 1. The minimum absolute atomic E-state index is 0.163. The zero-order valence-corrected chi connectivity index (χ0v) is 17.6. The average molecular weight is 444 g/mol. The number of rotatable bonds is 6. The molecule has 0 radical (unpaired) electrons. The molecule has 0 aliphatic carbocycles. The summed E-state index contributed by atoms with van der Waals surface area (Å²) in [6.45, 7) is 2.26. The van der Waals surface area contributed by atoms with E-state index < -0.39 is 11.7 Å². The predicted molar refractivity (Wildman–Crippen MR) is 117 cm³/mol. The Labute approximate surface area is 181 Å². The Balaban J connectivity index is 1.89. The molecule has 0 aliphatic rings. The summed E-state index contributed by atoms with van der Waals surface area (Å²) in [5, 5.41) is 0. The molecule has 4 rings (SSSR count). The van der Waals surface area contributed by atoms with Gasteiger partial charge in [-0.05, 0) is 48.6 Å². The molecule has 3 aromatic carbocycles. The van der Waals surface area contributed by atoms with E-state index in [2.05, 4.69) is 11.9 Å². The van der Waals surface area contributed by atoms with Gasteiger partial charge in [-0.15, -0.1) is 11.8 Å². The maximum atomic E-state index is 14.4. The summed E-state index contributed by atoms with van der Waals surface area (Å²) in [7, 11) is 0. The Morgan fingerprint density at radius 3 is 2.52 bits per heavy atom. The Hall–Kier alpha value is -2.80. The molecule has 2 nitrogen and oxygen atoms in total. The highest BCUT2D eigenvalue weighted by Gasteiger charge is 2.31. The van der Waals surface area contributed by atoms with Crippen LogP contribution in [0.5, 0.6) is 0 Å². The van der Waals surface area contributed by atoms with Crippen molar-refractivity contribution in [2.45, 2.75) is 31.0 Å². The molecule has 0 N–H and O–H groups in total. The van der Waals surface area contributed by atoms with Gasteiger partial charge in [0, 0.05) is 16.0 Å². The predicted octanol–water partition coefficient (Wildman–Crippen LogP) is 7.41. The van der Waals surface area contributed by atoms with Crippen molar-refractivity contribution in [3.63, 3.8) is 0 Å². The summed E-state index contributed by atoms with van der Waals surface area (Å²) < 4.78 is 56.0. The molecule has 1 heterocycles. The van der Waals surface area contributed by atoms with E-state index in [9.17, 15) is 17.6 Å². The highest BCUT2D eigenvalue weighted by Crippen LogP contribution is 2.34. The van der Waals surface area contributed by atoms with E-state index in [1.54, 1.807) is 40.6 Å². The lowest BCUT2D eigenvalue weighted by atomic mass is 10.1.